The van der Waals surface area contributed by atoms with Gasteiger partial charge >= 0.3 is 0 Å². The van der Waals surface area contributed by atoms with Gasteiger partial charge in [0.2, 0.25) is 5.91 Å². The number of nitrogens with zero attached hydrogens (tertiary/aromatic N) is 1. The maximum Gasteiger partial charge on any atom is 0.242 e. The summed E-state index contributed by atoms with van der Waals surface area (Å²) in [6.45, 7) is 3.33. The van der Waals surface area contributed by atoms with Crippen molar-refractivity contribution in [2.45, 2.75) is 25.5 Å². The quantitative estimate of drug-likeness (QED) is 0.922. The molecule has 3 atom stereocenters. The molecule has 1 saturated heterocycles. The van der Waals surface area contributed by atoms with E-state index in [2.05, 4.69) is 17.4 Å². The van der Waals surface area contributed by atoms with Gasteiger partial charge in [-0.1, -0.05) is 30.3 Å². The Morgan fingerprint density at radius 1 is 1.27 bits per heavy atom. The third-order valence-electron chi connectivity index (χ3n) is 4.33. The van der Waals surface area contributed by atoms with Crippen LogP contribution in [0.25, 0.3) is 0 Å². The predicted octanol–water partition coefficient (Wildman–Crippen LogP) is 2.94. The Labute approximate surface area is 131 Å². The van der Waals surface area contributed by atoms with Crippen molar-refractivity contribution in [1.82, 2.24) is 9.88 Å². The second-order valence-corrected chi connectivity index (χ2v) is 5.80. The minimum Gasteiger partial charge on any atom is -0.373 e. The first-order chi connectivity index (χ1) is 10.8. The van der Waals surface area contributed by atoms with Gasteiger partial charge in [0, 0.05) is 31.5 Å². The molecular formula is C18H22N2O2. The third kappa shape index (κ3) is 3.22. The molecule has 0 radical (unpaired) electrons. The van der Waals surface area contributed by atoms with Crippen molar-refractivity contribution < 1.29 is 9.53 Å². The average Bonchev–Trinajstić information content (AvgIpc) is 3.24. The van der Waals surface area contributed by atoms with Crippen molar-refractivity contribution >= 4 is 5.91 Å². The summed E-state index contributed by atoms with van der Waals surface area (Å²) in [5.41, 5.74) is 1.19. The van der Waals surface area contributed by atoms with Crippen LogP contribution in [0.5, 0.6) is 0 Å². The first-order valence-electron chi connectivity index (χ1n) is 7.82. The van der Waals surface area contributed by atoms with E-state index in [0.717, 1.165) is 13.0 Å². The van der Waals surface area contributed by atoms with Crippen molar-refractivity contribution in [3.05, 3.63) is 60.4 Å². The second kappa shape index (κ2) is 6.79. The molecule has 1 aliphatic heterocycles. The van der Waals surface area contributed by atoms with Crippen molar-refractivity contribution in [3.8, 4) is 0 Å². The zero-order valence-corrected chi connectivity index (χ0v) is 12.8. The highest BCUT2D eigenvalue weighted by Crippen LogP contribution is 2.33. The zero-order valence-electron chi connectivity index (χ0n) is 12.8. The maximum absolute atomic E-state index is 12.3. The van der Waals surface area contributed by atoms with E-state index < -0.39 is 0 Å². The summed E-state index contributed by atoms with van der Waals surface area (Å²) in [5.74, 6) is 0.387. The number of carbonyl (C=O) groups excluding carboxylic acids is 1. The minimum absolute atomic E-state index is 0.0508. The Bertz CT molecular complexity index is 595. The van der Waals surface area contributed by atoms with Crippen LogP contribution in [0.3, 0.4) is 0 Å². The summed E-state index contributed by atoms with van der Waals surface area (Å²) >= 11 is 0. The first-order valence-corrected chi connectivity index (χ1v) is 7.82. The smallest absolute Gasteiger partial charge is 0.242 e. The van der Waals surface area contributed by atoms with Crippen LogP contribution in [0.2, 0.25) is 0 Å². The van der Waals surface area contributed by atoms with E-state index in [9.17, 15) is 4.79 Å². The summed E-state index contributed by atoms with van der Waals surface area (Å²) in [4.78, 5) is 12.3. The molecule has 0 saturated carbocycles. The number of carbonyl (C=O) groups is 1. The summed E-state index contributed by atoms with van der Waals surface area (Å²) in [5, 5.41) is 3.07. The molecule has 1 amide bonds. The second-order valence-electron chi connectivity index (χ2n) is 5.80. The van der Waals surface area contributed by atoms with E-state index in [0.29, 0.717) is 12.5 Å². The monoisotopic (exact) mass is 298 g/mol. The fourth-order valence-electron chi connectivity index (χ4n) is 2.97. The van der Waals surface area contributed by atoms with Crippen LogP contribution in [0.4, 0.5) is 0 Å². The Hall–Kier alpha value is -2.07. The van der Waals surface area contributed by atoms with E-state index in [1.807, 2.05) is 54.2 Å². The van der Waals surface area contributed by atoms with Gasteiger partial charge in [-0.3, -0.25) is 4.79 Å². The maximum atomic E-state index is 12.3. The normalized spacial score (nSPS) is 22.4. The molecule has 4 heteroatoms. The summed E-state index contributed by atoms with van der Waals surface area (Å²) in [7, 11) is 0. The molecule has 116 valence electrons. The van der Waals surface area contributed by atoms with E-state index in [-0.39, 0.29) is 18.1 Å². The number of nitrogens with one attached hydrogen (secondary N) is 1. The molecule has 1 aliphatic rings. The molecule has 2 aromatic rings. The Morgan fingerprint density at radius 2 is 2.00 bits per heavy atom. The Morgan fingerprint density at radius 3 is 2.73 bits per heavy atom. The van der Waals surface area contributed by atoms with Crippen LogP contribution >= 0.6 is 0 Å². The standard InChI is InChI=1S/C18H22N2O2/c1-14(20-10-5-6-11-20)18(21)19-13-16-9-12-22-17(16)15-7-3-2-4-8-15/h2-8,10-11,14,16-17H,9,12-13H2,1H3,(H,19,21)/t14-,16+,17+/m0/s1. The van der Waals surface area contributed by atoms with Crippen LogP contribution in [-0.2, 0) is 9.53 Å². The van der Waals surface area contributed by atoms with Gasteiger partial charge in [-0.2, -0.15) is 0 Å². The van der Waals surface area contributed by atoms with Crippen molar-refractivity contribution in [1.29, 1.82) is 0 Å². The lowest BCUT2D eigenvalue weighted by molar-refractivity contribution is -0.124. The molecule has 3 rings (SSSR count). The number of amides is 1. The van der Waals surface area contributed by atoms with Gasteiger partial charge in [-0.05, 0) is 31.0 Å². The highest BCUT2D eigenvalue weighted by molar-refractivity contribution is 5.79. The summed E-state index contributed by atoms with van der Waals surface area (Å²) < 4.78 is 7.77. The lowest BCUT2D eigenvalue weighted by atomic mass is 9.95. The predicted molar refractivity (Wildman–Crippen MR) is 85.4 cm³/mol. The molecule has 1 aromatic carbocycles. The van der Waals surface area contributed by atoms with Crippen LogP contribution in [0, 0.1) is 5.92 Å². The fourth-order valence-corrected chi connectivity index (χ4v) is 2.97. The van der Waals surface area contributed by atoms with Crippen LogP contribution in [-0.4, -0.2) is 23.6 Å². The van der Waals surface area contributed by atoms with E-state index in [1.54, 1.807) is 0 Å². The van der Waals surface area contributed by atoms with Gasteiger partial charge in [-0.25, -0.2) is 0 Å². The molecule has 0 spiro atoms. The van der Waals surface area contributed by atoms with Gasteiger partial charge in [-0.15, -0.1) is 0 Å². The van der Waals surface area contributed by atoms with Gasteiger partial charge in [0.1, 0.15) is 6.04 Å². The van der Waals surface area contributed by atoms with Crippen LogP contribution in [0.1, 0.15) is 31.1 Å². The van der Waals surface area contributed by atoms with E-state index in [1.165, 1.54) is 5.56 Å². The molecular weight excluding hydrogens is 276 g/mol. The molecule has 0 bridgehead atoms. The molecule has 2 heterocycles. The lowest BCUT2D eigenvalue weighted by Gasteiger charge is -2.21. The van der Waals surface area contributed by atoms with Crippen molar-refractivity contribution in [2.24, 2.45) is 5.92 Å². The van der Waals surface area contributed by atoms with Crippen molar-refractivity contribution in [2.75, 3.05) is 13.2 Å². The van der Waals surface area contributed by atoms with Gasteiger partial charge in [0.05, 0.1) is 6.10 Å². The molecule has 22 heavy (non-hydrogen) atoms. The minimum atomic E-state index is -0.188. The topological polar surface area (TPSA) is 43.3 Å². The number of ether oxygens (including phenoxy) is 1. The number of hydrogen-bond acceptors (Lipinski definition) is 2. The summed E-state index contributed by atoms with van der Waals surface area (Å²) in [6, 6.07) is 13.9. The molecule has 1 N–H and O–H groups in total. The van der Waals surface area contributed by atoms with E-state index in [4.69, 9.17) is 4.74 Å². The largest absolute Gasteiger partial charge is 0.373 e. The highest BCUT2D eigenvalue weighted by atomic mass is 16.5. The molecule has 4 nitrogen and oxygen atoms in total. The van der Waals surface area contributed by atoms with Crippen LogP contribution < -0.4 is 5.32 Å². The molecule has 0 aliphatic carbocycles. The van der Waals surface area contributed by atoms with E-state index >= 15 is 0 Å². The number of aromatic nitrogens is 1. The van der Waals surface area contributed by atoms with Gasteiger partial charge < -0.3 is 14.6 Å². The first kappa shape index (κ1) is 14.9. The lowest BCUT2D eigenvalue weighted by Crippen LogP contribution is -2.35. The summed E-state index contributed by atoms with van der Waals surface area (Å²) in [6.07, 6.45) is 4.90. The SMILES string of the molecule is C[C@@H](C(=O)NC[C@H]1CCO[C@@H]1c1ccccc1)n1cccc1. The van der Waals surface area contributed by atoms with Gasteiger partial charge in [0.15, 0.2) is 0 Å². The number of benzene rings is 1. The number of rotatable bonds is 5. The highest BCUT2D eigenvalue weighted by Gasteiger charge is 2.30. The number of hydrogen-bond donors (Lipinski definition) is 1. The fraction of sp³-hybridized carbons (Fsp3) is 0.389. The third-order valence-corrected chi connectivity index (χ3v) is 4.33. The Kier molecular flexibility index (Phi) is 4.59. The Balaban J connectivity index is 1.57. The average molecular weight is 298 g/mol. The molecule has 1 fully saturated rings. The van der Waals surface area contributed by atoms with Crippen molar-refractivity contribution in [3.63, 3.8) is 0 Å². The zero-order chi connectivity index (χ0) is 15.4. The molecule has 1 aromatic heterocycles. The van der Waals surface area contributed by atoms with Gasteiger partial charge in [0.25, 0.3) is 0 Å². The molecule has 0 unspecified atom stereocenters. The van der Waals surface area contributed by atoms with Crippen LogP contribution in [0.15, 0.2) is 54.9 Å².